The Hall–Kier alpha value is -1.43. The molecule has 0 aliphatic carbocycles. The van der Waals surface area contributed by atoms with Crippen LogP contribution in [0, 0.1) is 0 Å². The number of nitrogens with one attached hydrogen (secondary N) is 1. The molecule has 1 unspecified atom stereocenters. The second kappa shape index (κ2) is 7.78. The largest absolute Gasteiger partial charge is 0.452 e. The fourth-order valence-electron chi connectivity index (χ4n) is 0.867. The molecule has 0 bridgehead atoms. The van der Waals surface area contributed by atoms with Gasteiger partial charge in [-0.3, -0.25) is 24.5 Å². The van der Waals surface area contributed by atoms with Crippen LogP contribution in [0.1, 0.15) is 33.1 Å². The molecule has 96 valence electrons. The summed E-state index contributed by atoms with van der Waals surface area (Å²) in [6.07, 6.45) is -0.325. The van der Waals surface area contributed by atoms with Crippen molar-refractivity contribution < 1.29 is 23.9 Å². The molecule has 0 aromatic carbocycles. The van der Waals surface area contributed by atoms with E-state index in [9.17, 15) is 19.2 Å². The first-order valence-corrected chi connectivity index (χ1v) is 5.50. The zero-order chi connectivity index (χ0) is 13.4. The van der Waals surface area contributed by atoms with Gasteiger partial charge in [-0.2, -0.15) is 0 Å². The lowest BCUT2D eigenvalue weighted by atomic mass is 10.3. The van der Waals surface area contributed by atoms with E-state index < -0.39 is 23.9 Å². The van der Waals surface area contributed by atoms with Crippen LogP contribution in [0.15, 0.2) is 0 Å². The number of rotatable bonds is 3. The second-order valence-electron chi connectivity index (χ2n) is 3.16. The predicted molar refractivity (Wildman–Crippen MR) is 59.1 cm³/mol. The van der Waals surface area contributed by atoms with Gasteiger partial charge in [0.1, 0.15) is 0 Å². The minimum absolute atomic E-state index is 0.0510. The minimum atomic E-state index is -0.912. The van der Waals surface area contributed by atoms with Crippen LogP contribution in [-0.2, 0) is 23.9 Å². The van der Waals surface area contributed by atoms with Gasteiger partial charge in [0.15, 0.2) is 6.10 Å². The van der Waals surface area contributed by atoms with Crippen LogP contribution < -0.4 is 5.32 Å². The van der Waals surface area contributed by atoms with Crippen LogP contribution in [0.5, 0.6) is 0 Å². The first kappa shape index (κ1) is 15.6. The fourth-order valence-corrected chi connectivity index (χ4v) is 0.867. The van der Waals surface area contributed by atoms with E-state index in [0.717, 1.165) is 0 Å². The third-order valence-corrected chi connectivity index (χ3v) is 2.03. The molecular weight excluding hydrogens is 250 g/mol. The van der Waals surface area contributed by atoms with Crippen LogP contribution >= 0.6 is 11.6 Å². The standard InChI is InChI=1S/C7H9NO4.C3H5ClO/c1-2-6(10)12-4-3-5(9)8-7(4)11;1-2-3(4)5/h4H,2-3H2,1H3,(H,8,9,11);2H2,1H3. The average molecular weight is 264 g/mol. The molecule has 1 rings (SSSR count). The van der Waals surface area contributed by atoms with Crippen molar-refractivity contribution in [2.24, 2.45) is 0 Å². The van der Waals surface area contributed by atoms with Gasteiger partial charge >= 0.3 is 5.97 Å². The molecule has 1 N–H and O–H groups in total. The first-order chi connectivity index (χ1) is 7.90. The van der Waals surface area contributed by atoms with Crippen molar-refractivity contribution in [2.45, 2.75) is 39.2 Å². The lowest BCUT2D eigenvalue weighted by Gasteiger charge is -2.05. The lowest BCUT2D eigenvalue weighted by Crippen LogP contribution is -2.28. The van der Waals surface area contributed by atoms with E-state index in [0.29, 0.717) is 6.42 Å². The zero-order valence-corrected chi connectivity index (χ0v) is 10.4. The Morgan fingerprint density at radius 3 is 2.18 bits per heavy atom. The highest BCUT2D eigenvalue weighted by Gasteiger charge is 2.33. The fraction of sp³-hybridized carbons (Fsp3) is 0.600. The molecule has 1 aliphatic rings. The van der Waals surface area contributed by atoms with Crippen molar-refractivity contribution in [3.8, 4) is 0 Å². The number of halogens is 1. The molecule has 7 heteroatoms. The van der Waals surface area contributed by atoms with Gasteiger partial charge in [-0.15, -0.1) is 0 Å². The summed E-state index contributed by atoms with van der Waals surface area (Å²) < 4.78 is 4.67. The van der Waals surface area contributed by atoms with Crippen molar-refractivity contribution in [1.82, 2.24) is 5.32 Å². The van der Waals surface area contributed by atoms with Gasteiger partial charge in [0, 0.05) is 12.8 Å². The molecule has 0 aromatic heterocycles. The van der Waals surface area contributed by atoms with E-state index in [2.05, 4.69) is 4.74 Å². The monoisotopic (exact) mass is 263 g/mol. The summed E-state index contributed by atoms with van der Waals surface area (Å²) in [6.45, 7) is 3.34. The van der Waals surface area contributed by atoms with E-state index in [4.69, 9.17) is 11.6 Å². The Morgan fingerprint density at radius 2 is 1.88 bits per heavy atom. The van der Waals surface area contributed by atoms with E-state index in [1.54, 1.807) is 13.8 Å². The van der Waals surface area contributed by atoms with Gasteiger partial charge in [0.05, 0.1) is 6.42 Å². The quantitative estimate of drug-likeness (QED) is 0.455. The maximum atomic E-state index is 10.8. The number of amides is 2. The molecular formula is C10H14ClNO5. The molecule has 0 aromatic rings. The molecule has 1 atom stereocenters. The smallest absolute Gasteiger partial charge is 0.306 e. The first-order valence-electron chi connectivity index (χ1n) is 5.12. The van der Waals surface area contributed by atoms with Crippen LogP contribution in [0.4, 0.5) is 0 Å². The molecule has 2 amide bonds. The number of hydrogen-bond donors (Lipinski definition) is 1. The Bertz CT molecular complexity index is 329. The van der Waals surface area contributed by atoms with Gasteiger partial charge in [-0.25, -0.2) is 0 Å². The number of carbonyl (C=O) groups is 4. The van der Waals surface area contributed by atoms with Crippen LogP contribution in [0.3, 0.4) is 0 Å². The SMILES string of the molecule is CCC(=O)Cl.CCC(=O)OC1CC(=O)NC1=O. The predicted octanol–water partition coefficient (Wildman–Crippen LogP) is 0.516. The maximum Gasteiger partial charge on any atom is 0.306 e. The molecule has 0 saturated carbocycles. The summed E-state index contributed by atoms with van der Waals surface area (Å²) in [7, 11) is 0. The van der Waals surface area contributed by atoms with Crippen LogP contribution in [-0.4, -0.2) is 29.1 Å². The Labute approximate surface area is 104 Å². The van der Waals surface area contributed by atoms with Gasteiger partial charge < -0.3 is 4.74 Å². The highest BCUT2D eigenvalue weighted by molar-refractivity contribution is 6.63. The van der Waals surface area contributed by atoms with Crippen molar-refractivity contribution in [3.05, 3.63) is 0 Å². The molecule has 1 saturated heterocycles. The molecule has 6 nitrogen and oxygen atoms in total. The molecule has 1 heterocycles. The summed E-state index contributed by atoms with van der Waals surface area (Å²) in [5.41, 5.74) is 0. The average Bonchev–Trinajstić information content (AvgIpc) is 2.58. The van der Waals surface area contributed by atoms with E-state index in [1.807, 2.05) is 5.32 Å². The van der Waals surface area contributed by atoms with E-state index in [1.165, 1.54) is 0 Å². The number of hydrogen-bond acceptors (Lipinski definition) is 5. The molecule has 1 fully saturated rings. The Morgan fingerprint density at radius 1 is 1.35 bits per heavy atom. The highest BCUT2D eigenvalue weighted by Crippen LogP contribution is 2.07. The third kappa shape index (κ3) is 6.68. The molecule has 0 spiro atoms. The second-order valence-corrected chi connectivity index (χ2v) is 3.58. The maximum absolute atomic E-state index is 10.8. The number of carbonyl (C=O) groups excluding carboxylic acids is 4. The van der Waals surface area contributed by atoms with Crippen molar-refractivity contribution in [3.63, 3.8) is 0 Å². The van der Waals surface area contributed by atoms with Crippen molar-refractivity contribution in [1.29, 1.82) is 0 Å². The zero-order valence-electron chi connectivity index (χ0n) is 9.62. The molecule has 1 aliphatic heterocycles. The van der Waals surface area contributed by atoms with Gasteiger partial charge in [0.2, 0.25) is 11.1 Å². The number of imide groups is 1. The summed E-state index contributed by atoms with van der Waals surface area (Å²) in [6, 6.07) is 0. The van der Waals surface area contributed by atoms with Gasteiger partial charge in [0.25, 0.3) is 5.91 Å². The summed E-state index contributed by atoms with van der Waals surface area (Å²) in [4.78, 5) is 41.7. The summed E-state index contributed by atoms with van der Waals surface area (Å²) in [5, 5.41) is 1.77. The highest BCUT2D eigenvalue weighted by atomic mass is 35.5. The normalized spacial score (nSPS) is 17.9. The summed E-state index contributed by atoms with van der Waals surface area (Å²) in [5.74, 6) is -1.39. The van der Waals surface area contributed by atoms with Gasteiger partial charge in [-0.1, -0.05) is 13.8 Å². The van der Waals surface area contributed by atoms with E-state index in [-0.39, 0.29) is 18.1 Å². The van der Waals surface area contributed by atoms with Crippen molar-refractivity contribution >= 4 is 34.6 Å². The summed E-state index contributed by atoms with van der Waals surface area (Å²) >= 11 is 4.82. The van der Waals surface area contributed by atoms with Gasteiger partial charge in [-0.05, 0) is 11.6 Å². The lowest BCUT2D eigenvalue weighted by molar-refractivity contribution is -0.153. The number of ether oxygens (including phenoxy) is 1. The minimum Gasteiger partial charge on any atom is -0.452 e. The van der Waals surface area contributed by atoms with Crippen LogP contribution in [0.25, 0.3) is 0 Å². The van der Waals surface area contributed by atoms with Crippen LogP contribution in [0.2, 0.25) is 0 Å². The van der Waals surface area contributed by atoms with E-state index >= 15 is 0 Å². The number of esters is 1. The Kier molecular flexibility index (Phi) is 7.13. The Balaban J connectivity index is 0.000000437. The molecule has 17 heavy (non-hydrogen) atoms. The topological polar surface area (TPSA) is 89.5 Å². The molecule has 0 radical (unpaired) electrons. The van der Waals surface area contributed by atoms with Crippen molar-refractivity contribution in [2.75, 3.05) is 0 Å². The third-order valence-electron chi connectivity index (χ3n) is 1.77.